The van der Waals surface area contributed by atoms with Crippen molar-refractivity contribution in [2.45, 2.75) is 38.9 Å². The number of carbonyl (C=O) groups excluding carboxylic acids is 1. The summed E-state index contributed by atoms with van der Waals surface area (Å²) in [5.74, 6) is -0.156. The van der Waals surface area contributed by atoms with Crippen LogP contribution in [-0.4, -0.2) is 30.3 Å². The number of carbonyl (C=O) groups is 1. The predicted octanol–water partition coefficient (Wildman–Crippen LogP) is 3.93. The second-order valence-electron chi connectivity index (χ2n) is 5.38. The maximum atomic E-state index is 12.6. The second kappa shape index (κ2) is 5.56. The highest BCUT2D eigenvalue weighted by atomic mass is 19.4. The molecule has 2 nitrogen and oxygen atoms in total. The Bertz CT molecular complexity index is 508. The van der Waals surface area contributed by atoms with Crippen molar-refractivity contribution in [3.63, 3.8) is 0 Å². The van der Waals surface area contributed by atoms with E-state index in [0.717, 1.165) is 12.1 Å². The van der Waals surface area contributed by atoms with E-state index in [2.05, 4.69) is 0 Å². The van der Waals surface area contributed by atoms with Crippen LogP contribution >= 0.6 is 0 Å². The fraction of sp³-hybridized carbons (Fsp3) is 0.533. The number of rotatable bonds is 4. The SMILES string of the molecule is CCC(C)(C(=O)c1ccc(C(F)(F)F)cc1C)N(C)C. The number of nitrogens with zero attached hydrogens (tertiary/aromatic N) is 1. The molecular formula is C15H20F3NO. The molecule has 0 spiro atoms. The fourth-order valence-electron chi connectivity index (χ4n) is 2.06. The van der Waals surface area contributed by atoms with Gasteiger partial charge in [-0.2, -0.15) is 13.2 Å². The van der Waals surface area contributed by atoms with Crippen molar-refractivity contribution < 1.29 is 18.0 Å². The normalized spacial score (nSPS) is 15.2. The van der Waals surface area contributed by atoms with Crippen molar-refractivity contribution in [3.8, 4) is 0 Å². The molecule has 1 rings (SSSR count). The van der Waals surface area contributed by atoms with Gasteiger partial charge in [0.2, 0.25) is 0 Å². The molecule has 0 aliphatic heterocycles. The molecule has 0 bridgehead atoms. The van der Waals surface area contributed by atoms with Crippen LogP contribution < -0.4 is 0 Å². The first kappa shape index (κ1) is 16.7. The molecule has 0 saturated heterocycles. The van der Waals surface area contributed by atoms with Gasteiger partial charge in [-0.25, -0.2) is 0 Å². The van der Waals surface area contributed by atoms with Crippen LogP contribution in [0.2, 0.25) is 0 Å². The molecule has 0 N–H and O–H groups in total. The van der Waals surface area contributed by atoms with Crippen molar-refractivity contribution in [2.24, 2.45) is 0 Å². The van der Waals surface area contributed by atoms with E-state index in [1.165, 1.54) is 13.0 Å². The number of hydrogen-bond donors (Lipinski definition) is 0. The van der Waals surface area contributed by atoms with Gasteiger partial charge in [0.25, 0.3) is 0 Å². The maximum absolute atomic E-state index is 12.6. The van der Waals surface area contributed by atoms with E-state index >= 15 is 0 Å². The molecule has 0 aliphatic carbocycles. The molecule has 0 amide bonds. The molecule has 0 radical (unpaired) electrons. The van der Waals surface area contributed by atoms with Gasteiger partial charge < -0.3 is 0 Å². The summed E-state index contributed by atoms with van der Waals surface area (Å²) in [5, 5.41) is 0. The summed E-state index contributed by atoms with van der Waals surface area (Å²) in [4.78, 5) is 14.4. The maximum Gasteiger partial charge on any atom is 0.416 e. The smallest absolute Gasteiger partial charge is 0.297 e. The van der Waals surface area contributed by atoms with Gasteiger partial charge in [0, 0.05) is 5.56 Å². The molecule has 1 aromatic carbocycles. The Labute approximate surface area is 117 Å². The summed E-state index contributed by atoms with van der Waals surface area (Å²) in [6.07, 6.45) is -3.80. The van der Waals surface area contributed by atoms with Crippen molar-refractivity contribution in [1.82, 2.24) is 4.90 Å². The Morgan fingerprint density at radius 3 is 2.15 bits per heavy atom. The monoisotopic (exact) mass is 287 g/mol. The summed E-state index contributed by atoms with van der Waals surface area (Å²) in [6.45, 7) is 5.22. The van der Waals surface area contributed by atoms with E-state index in [-0.39, 0.29) is 5.78 Å². The topological polar surface area (TPSA) is 20.3 Å². The number of hydrogen-bond acceptors (Lipinski definition) is 2. The Kier molecular flexibility index (Phi) is 4.64. The lowest BCUT2D eigenvalue weighted by Gasteiger charge is -2.34. The van der Waals surface area contributed by atoms with E-state index in [1.54, 1.807) is 25.9 Å². The Hall–Kier alpha value is -1.36. The lowest BCUT2D eigenvalue weighted by Crippen LogP contribution is -2.48. The Balaban J connectivity index is 3.25. The molecule has 0 aromatic heterocycles. The standard InChI is InChI=1S/C15H20F3NO/c1-6-14(3,19(4)5)13(20)12-8-7-11(9-10(12)2)15(16,17)18/h7-9H,6H2,1-5H3. The molecule has 1 atom stereocenters. The largest absolute Gasteiger partial charge is 0.416 e. The van der Waals surface area contributed by atoms with Gasteiger partial charge in [-0.05, 0) is 52.1 Å². The van der Waals surface area contributed by atoms with Gasteiger partial charge in [0.15, 0.2) is 5.78 Å². The fourth-order valence-corrected chi connectivity index (χ4v) is 2.06. The Morgan fingerprint density at radius 1 is 1.25 bits per heavy atom. The van der Waals surface area contributed by atoms with Crippen LogP contribution in [0, 0.1) is 6.92 Å². The minimum absolute atomic E-state index is 0.156. The quantitative estimate of drug-likeness (QED) is 0.782. The minimum Gasteiger partial charge on any atom is -0.297 e. The van der Waals surface area contributed by atoms with Crippen molar-refractivity contribution >= 4 is 5.78 Å². The summed E-state index contributed by atoms with van der Waals surface area (Å²) in [6, 6.07) is 3.27. The average molecular weight is 287 g/mol. The zero-order valence-electron chi connectivity index (χ0n) is 12.4. The van der Waals surface area contributed by atoms with Gasteiger partial charge in [-0.15, -0.1) is 0 Å². The van der Waals surface area contributed by atoms with Crippen LogP contribution in [0.3, 0.4) is 0 Å². The summed E-state index contributed by atoms with van der Waals surface area (Å²) < 4.78 is 37.9. The van der Waals surface area contributed by atoms with Gasteiger partial charge >= 0.3 is 6.18 Å². The zero-order valence-corrected chi connectivity index (χ0v) is 12.4. The first-order chi connectivity index (χ1) is 9.04. The van der Waals surface area contributed by atoms with Crippen molar-refractivity contribution in [3.05, 3.63) is 34.9 Å². The van der Waals surface area contributed by atoms with Crippen molar-refractivity contribution in [1.29, 1.82) is 0 Å². The van der Waals surface area contributed by atoms with Crippen LogP contribution in [0.25, 0.3) is 0 Å². The molecule has 20 heavy (non-hydrogen) atoms. The van der Waals surface area contributed by atoms with E-state index in [4.69, 9.17) is 0 Å². The number of alkyl halides is 3. The van der Waals surface area contributed by atoms with Gasteiger partial charge in [0.05, 0.1) is 11.1 Å². The molecular weight excluding hydrogens is 267 g/mol. The minimum atomic E-state index is -4.39. The van der Waals surface area contributed by atoms with Crippen LogP contribution in [0.15, 0.2) is 18.2 Å². The van der Waals surface area contributed by atoms with Gasteiger partial charge in [-0.1, -0.05) is 13.0 Å². The van der Waals surface area contributed by atoms with Crippen LogP contribution in [0.4, 0.5) is 13.2 Å². The number of likely N-dealkylation sites (N-methyl/N-ethyl adjacent to an activating group) is 1. The predicted molar refractivity (Wildman–Crippen MR) is 72.9 cm³/mol. The third kappa shape index (κ3) is 3.03. The Morgan fingerprint density at radius 2 is 1.80 bits per heavy atom. The number of benzene rings is 1. The number of Topliss-reactive ketones (excluding diaryl/α,β-unsaturated/α-hetero) is 1. The summed E-state index contributed by atoms with van der Waals surface area (Å²) in [5.41, 5.74) is -0.748. The highest BCUT2D eigenvalue weighted by Crippen LogP contribution is 2.32. The van der Waals surface area contributed by atoms with E-state index in [0.29, 0.717) is 17.5 Å². The molecule has 112 valence electrons. The van der Waals surface area contributed by atoms with Crippen LogP contribution in [0.1, 0.15) is 41.8 Å². The second-order valence-corrected chi connectivity index (χ2v) is 5.38. The van der Waals surface area contributed by atoms with Crippen LogP contribution in [-0.2, 0) is 6.18 Å². The summed E-state index contributed by atoms with van der Waals surface area (Å²) in [7, 11) is 3.58. The molecule has 5 heteroatoms. The summed E-state index contributed by atoms with van der Waals surface area (Å²) >= 11 is 0. The van der Waals surface area contributed by atoms with Crippen molar-refractivity contribution in [2.75, 3.05) is 14.1 Å². The lowest BCUT2D eigenvalue weighted by molar-refractivity contribution is -0.137. The lowest BCUT2D eigenvalue weighted by atomic mass is 9.85. The number of aryl methyl sites for hydroxylation is 1. The molecule has 0 saturated carbocycles. The highest BCUT2D eigenvalue weighted by Gasteiger charge is 2.36. The molecule has 0 aliphatic rings. The first-order valence-corrected chi connectivity index (χ1v) is 6.44. The first-order valence-electron chi connectivity index (χ1n) is 6.44. The third-order valence-electron chi connectivity index (χ3n) is 3.96. The van der Waals surface area contributed by atoms with Gasteiger partial charge in [0.1, 0.15) is 0 Å². The molecule has 1 aromatic rings. The average Bonchev–Trinajstić information content (AvgIpc) is 2.35. The number of halogens is 3. The van der Waals surface area contributed by atoms with Crippen LogP contribution in [0.5, 0.6) is 0 Å². The number of ketones is 1. The van der Waals surface area contributed by atoms with E-state index in [9.17, 15) is 18.0 Å². The molecule has 1 unspecified atom stereocenters. The highest BCUT2D eigenvalue weighted by molar-refractivity contribution is 6.04. The third-order valence-corrected chi connectivity index (χ3v) is 3.96. The zero-order chi connectivity index (χ0) is 15.7. The molecule has 0 heterocycles. The van der Waals surface area contributed by atoms with E-state index in [1.807, 2.05) is 6.92 Å². The molecule has 0 fully saturated rings. The van der Waals surface area contributed by atoms with E-state index < -0.39 is 17.3 Å². The van der Waals surface area contributed by atoms with Gasteiger partial charge in [-0.3, -0.25) is 9.69 Å².